The molecule has 0 unspecified atom stereocenters. The summed E-state index contributed by atoms with van der Waals surface area (Å²) in [6.45, 7) is 0.489. The van der Waals surface area contributed by atoms with Crippen LogP contribution in [0.2, 0.25) is 0 Å². The summed E-state index contributed by atoms with van der Waals surface area (Å²) in [5.41, 5.74) is 2.04. The zero-order valence-electron chi connectivity index (χ0n) is 14.5. The molecule has 0 saturated carbocycles. The summed E-state index contributed by atoms with van der Waals surface area (Å²) in [6, 6.07) is 24.5. The first-order chi connectivity index (χ1) is 13.0. The fourth-order valence-electron chi connectivity index (χ4n) is 2.71. The molecule has 4 nitrogen and oxygen atoms in total. The molecule has 0 spiro atoms. The van der Waals surface area contributed by atoms with Gasteiger partial charge in [0.15, 0.2) is 0 Å². The van der Waals surface area contributed by atoms with Crippen molar-refractivity contribution in [2.45, 2.75) is 18.0 Å². The Morgan fingerprint density at radius 1 is 0.741 bits per heavy atom. The second kappa shape index (κ2) is 8.48. The predicted octanol–water partition coefficient (Wildman–Crippen LogP) is 4.46. The molecule has 27 heavy (non-hydrogen) atoms. The van der Waals surface area contributed by atoms with Gasteiger partial charge in [0.05, 0.1) is 4.90 Å². The first kappa shape index (κ1) is 19.3. The fraction of sp³-hybridized carbons (Fsp3) is 0.0952. The SMILES string of the molecule is O=C(Cl)c1ccc(S(=O)(=O)N(Cc2ccccc2)Cc2ccccc2)cc1. The number of sulfonamides is 1. The lowest BCUT2D eigenvalue weighted by atomic mass is 10.2. The quantitative estimate of drug-likeness (QED) is 0.551. The van der Waals surface area contributed by atoms with Gasteiger partial charge in [0.1, 0.15) is 0 Å². The van der Waals surface area contributed by atoms with Gasteiger partial charge in [-0.15, -0.1) is 0 Å². The Balaban J connectivity index is 1.95. The van der Waals surface area contributed by atoms with Crippen molar-refractivity contribution in [3.8, 4) is 0 Å². The standard InChI is InChI=1S/C21H18ClNO3S/c22-21(24)19-11-13-20(14-12-19)27(25,26)23(15-17-7-3-1-4-8-17)16-18-9-5-2-6-10-18/h1-14H,15-16H2. The number of halogens is 1. The van der Waals surface area contributed by atoms with E-state index in [4.69, 9.17) is 11.6 Å². The number of benzene rings is 3. The number of carbonyl (C=O) groups is 1. The van der Waals surface area contributed by atoms with Crippen LogP contribution in [0.3, 0.4) is 0 Å². The Morgan fingerprint density at radius 3 is 1.59 bits per heavy atom. The minimum atomic E-state index is -3.76. The Kier molecular flexibility index (Phi) is 6.06. The zero-order valence-corrected chi connectivity index (χ0v) is 16.0. The number of rotatable bonds is 7. The Hall–Kier alpha value is -2.47. The molecule has 0 fully saturated rings. The van der Waals surface area contributed by atoms with Crippen LogP contribution in [0.25, 0.3) is 0 Å². The zero-order chi connectivity index (χ0) is 19.3. The molecular formula is C21H18ClNO3S. The van der Waals surface area contributed by atoms with Crippen molar-refractivity contribution in [2.24, 2.45) is 0 Å². The highest BCUT2D eigenvalue weighted by Crippen LogP contribution is 2.22. The molecule has 138 valence electrons. The molecule has 3 aromatic rings. The monoisotopic (exact) mass is 399 g/mol. The van der Waals surface area contributed by atoms with Crippen molar-refractivity contribution >= 4 is 26.9 Å². The Morgan fingerprint density at radius 2 is 1.19 bits per heavy atom. The minimum absolute atomic E-state index is 0.121. The number of nitrogens with zero attached hydrogens (tertiary/aromatic N) is 1. The number of carbonyl (C=O) groups excluding carboxylic acids is 1. The maximum atomic E-state index is 13.2. The van der Waals surface area contributed by atoms with Crippen molar-refractivity contribution in [2.75, 3.05) is 0 Å². The summed E-state index contributed by atoms with van der Waals surface area (Å²) in [4.78, 5) is 11.3. The summed E-state index contributed by atoms with van der Waals surface area (Å²) < 4.78 is 27.9. The van der Waals surface area contributed by atoms with E-state index in [2.05, 4.69) is 0 Å². The third-order valence-electron chi connectivity index (χ3n) is 4.12. The highest BCUT2D eigenvalue weighted by molar-refractivity contribution is 7.89. The molecule has 0 aliphatic rings. The van der Waals surface area contributed by atoms with Gasteiger partial charge in [-0.1, -0.05) is 60.7 Å². The second-order valence-corrected chi connectivity index (χ2v) is 8.32. The average molecular weight is 400 g/mol. The van der Waals surface area contributed by atoms with Crippen molar-refractivity contribution in [3.63, 3.8) is 0 Å². The van der Waals surface area contributed by atoms with Crippen LogP contribution in [0.4, 0.5) is 0 Å². The van der Waals surface area contributed by atoms with E-state index in [0.717, 1.165) is 11.1 Å². The molecule has 0 aliphatic heterocycles. The third kappa shape index (κ3) is 4.83. The highest BCUT2D eigenvalue weighted by Gasteiger charge is 2.25. The summed E-state index contributed by atoms with van der Waals surface area (Å²) in [7, 11) is -3.76. The van der Waals surface area contributed by atoms with E-state index in [1.807, 2.05) is 60.7 Å². The van der Waals surface area contributed by atoms with E-state index in [1.165, 1.54) is 28.6 Å². The number of hydrogen-bond acceptors (Lipinski definition) is 3. The smallest absolute Gasteiger partial charge is 0.252 e. The van der Waals surface area contributed by atoms with E-state index in [-0.39, 0.29) is 23.5 Å². The van der Waals surface area contributed by atoms with Crippen molar-refractivity contribution in [1.82, 2.24) is 4.31 Å². The van der Waals surface area contributed by atoms with Gasteiger partial charge in [-0.3, -0.25) is 4.79 Å². The van der Waals surface area contributed by atoms with E-state index in [1.54, 1.807) is 0 Å². The topological polar surface area (TPSA) is 54.5 Å². The van der Waals surface area contributed by atoms with Crippen LogP contribution >= 0.6 is 11.6 Å². The molecular weight excluding hydrogens is 382 g/mol. The average Bonchev–Trinajstić information content (AvgIpc) is 2.69. The largest absolute Gasteiger partial charge is 0.276 e. The van der Waals surface area contributed by atoms with E-state index < -0.39 is 15.3 Å². The summed E-state index contributed by atoms with van der Waals surface area (Å²) in [6.07, 6.45) is 0. The lowest BCUT2D eigenvalue weighted by Crippen LogP contribution is -2.30. The van der Waals surface area contributed by atoms with Crippen LogP contribution in [-0.2, 0) is 23.1 Å². The van der Waals surface area contributed by atoms with Gasteiger partial charge in [-0.25, -0.2) is 8.42 Å². The van der Waals surface area contributed by atoms with Crippen LogP contribution in [-0.4, -0.2) is 18.0 Å². The molecule has 0 atom stereocenters. The predicted molar refractivity (Wildman–Crippen MR) is 106 cm³/mol. The molecule has 0 N–H and O–H groups in total. The molecule has 3 aromatic carbocycles. The minimum Gasteiger partial charge on any atom is -0.276 e. The third-order valence-corrected chi connectivity index (χ3v) is 6.15. The molecule has 0 aromatic heterocycles. The van der Waals surface area contributed by atoms with E-state index in [9.17, 15) is 13.2 Å². The summed E-state index contributed by atoms with van der Waals surface area (Å²) in [5, 5.41) is -0.621. The van der Waals surface area contributed by atoms with Crippen LogP contribution in [0.5, 0.6) is 0 Å². The normalized spacial score (nSPS) is 11.5. The van der Waals surface area contributed by atoms with Gasteiger partial charge in [0.25, 0.3) is 5.24 Å². The Bertz CT molecular complexity index is 963. The van der Waals surface area contributed by atoms with Crippen molar-refractivity contribution in [3.05, 3.63) is 102 Å². The fourth-order valence-corrected chi connectivity index (χ4v) is 4.25. The van der Waals surface area contributed by atoms with Gasteiger partial charge in [-0.05, 0) is 47.0 Å². The first-order valence-corrected chi connectivity index (χ1v) is 10.2. The molecule has 0 radical (unpaired) electrons. The first-order valence-electron chi connectivity index (χ1n) is 8.35. The van der Waals surface area contributed by atoms with E-state index in [0.29, 0.717) is 0 Å². The van der Waals surface area contributed by atoms with Gasteiger partial charge in [0.2, 0.25) is 10.0 Å². The van der Waals surface area contributed by atoms with Crippen molar-refractivity contribution in [1.29, 1.82) is 0 Å². The van der Waals surface area contributed by atoms with Gasteiger partial charge in [0, 0.05) is 18.7 Å². The Labute approximate surface area is 164 Å². The molecule has 6 heteroatoms. The lowest BCUT2D eigenvalue weighted by molar-refractivity contribution is 0.108. The van der Waals surface area contributed by atoms with Gasteiger partial charge in [-0.2, -0.15) is 4.31 Å². The molecule has 3 rings (SSSR count). The van der Waals surface area contributed by atoms with Crippen LogP contribution < -0.4 is 0 Å². The van der Waals surface area contributed by atoms with Gasteiger partial charge >= 0.3 is 0 Å². The molecule has 0 bridgehead atoms. The summed E-state index contributed by atoms with van der Waals surface area (Å²) in [5.74, 6) is 0. The van der Waals surface area contributed by atoms with Crippen molar-refractivity contribution < 1.29 is 13.2 Å². The van der Waals surface area contributed by atoms with Crippen LogP contribution in [0.15, 0.2) is 89.8 Å². The maximum absolute atomic E-state index is 13.2. The molecule has 0 aliphatic carbocycles. The van der Waals surface area contributed by atoms with E-state index >= 15 is 0 Å². The molecule has 0 saturated heterocycles. The second-order valence-electron chi connectivity index (χ2n) is 6.04. The highest BCUT2D eigenvalue weighted by atomic mass is 35.5. The summed E-state index contributed by atoms with van der Waals surface area (Å²) >= 11 is 5.45. The van der Waals surface area contributed by atoms with Gasteiger partial charge < -0.3 is 0 Å². The van der Waals surface area contributed by atoms with Crippen LogP contribution in [0.1, 0.15) is 21.5 Å². The molecule has 0 heterocycles. The number of hydrogen-bond donors (Lipinski definition) is 0. The maximum Gasteiger partial charge on any atom is 0.252 e. The lowest BCUT2D eigenvalue weighted by Gasteiger charge is -2.22. The van der Waals surface area contributed by atoms with Crippen LogP contribution in [0, 0.1) is 0 Å². The molecule has 0 amide bonds.